The lowest BCUT2D eigenvalue weighted by atomic mass is 9.66. The highest BCUT2D eigenvalue weighted by Gasteiger charge is 2.36. The van der Waals surface area contributed by atoms with Crippen LogP contribution in [0.2, 0.25) is 0 Å². The van der Waals surface area contributed by atoms with Crippen molar-refractivity contribution in [1.82, 2.24) is 15.0 Å². The molecule has 4 N–H and O–H groups in total. The van der Waals surface area contributed by atoms with Crippen molar-refractivity contribution < 1.29 is 0 Å². The van der Waals surface area contributed by atoms with Gasteiger partial charge in [-0.2, -0.15) is 0 Å². The summed E-state index contributed by atoms with van der Waals surface area (Å²) in [6.45, 7) is 0.749. The molecule has 1 aliphatic rings. The van der Waals surface area contributed by atoms with E-state index in [1.807, 2.05) is 19.2 Å². The molecular formula is C13H19N5. The van der Waals surface area contributed by atoms with E-state index in [4.69, 9.17) is 5.73 Å². The Kier molecular flexibility index (Phi) is 2.70. The van der Waals surface area contributed by atoms with Crippen molar-refractivity contribution >= 4 is 17.0 Å². The molecule has 3 rings (SSSR count). The topological polar surface area (TPSA) is 79.6 Å². The maximum atomic E-state index is 5.89. The lowest BCUT2D eigenvalue weighted by molar-refractivity contribution is 0.142. The molecule has 0 atom stereocenters. The van der Waals surface area contributed by atoms with Crippen LogP contribution in [0.25, 0.3) is 11.2 Å². The predicted molar refractivity (Wildman–Crippen MR) is 72.5 cm³/mol. The molecule has 1 saturated carbocycles. The minimum atomic E-state index is 0.277. The van der Waals surface area contributed by atoms with Crippen LogP contribution in [0.15, 0.2) is 12.1 Å². The van der Waals surface area contributed by atoms with Gasteiger partial charge >= 0.3 is 0 Å². The lowest BCUT2D eigenvalue weighted by Crippen LogP contribution is -2.39. The Bertz CT molecular complexity index is 550. The summed E-state index contributed by atoms with van der Waals surface area (Å²) in [4.78, 5) is 12.4. The van der Waals surface area contributed by atoms with Gasteiger partial charge in [0.2, 0.25) is 0 Å². The molecule has 2 aromatic heterocycles. The summed E-state index contributed by atoms with van der Waals surface area (Å²) in [5.74, 6) is 1.86. The second-order valence-corrected chi connectivity index (χ2v) is 5.24. The number of anilines is 1. The van der Waals surface area contributed by atoms with E-state index in [0.717, 1.165) is 35.8 Å². The Hall–Kier alpha value is -1.62. The van der Waals surface area contributed by atoms with Gasteiger partial charge in [0.25, 0.3) is 0 Å². The number of aromatic nitrogens is 3. The third-order valence-electron chi connectivity index (χ3n) is 4.04. The highest BCUT2D eigenvalue weighted by atomic mass is 15.0. The molecule has 0 radical (unpaired) electrons. The van der Waals surface area contributed by atoms with E-state index in [1.54, 1.807) is 0 Å². The Morgan fingerprint density at radius 1 is 1.39 bits per heavy atom. The van der Waals surface area contributed by atoms with Crippen LogP contribution in [0.4, 0.5) is 5.82 Å². The van der Waals surface area contributed by atoms with E-state index in [1.165, 1.54) is 19.3 Å². The van der Waals surface area contributed by atoms with Gasteiger partial charge in [0.15, 0.2) is 5.65 Å². The largest absolute Gasteiger partial charge is 0.373 e. The van der Waals surface area contributed by atoms with Crippen LogP contribution in [-0.4, -0.2) is 28.5 Å². The average molecular weight is 245 g/mol. The SMILES string of the molecule is CNc1ccc2[nH]c(CC3(CN)CCC3)nc2n1. The highest BCUT2D eigenvalue weighted by Crippen LogP contribution is 2.42. The first kappa shape index (κ1) is 11.5. The number of rotatable bonds is 4. The minimum Gasteiger partial charge on any atom is -0.373 e. The number of nitrogens with zero attached hydrogens (tertiary/aromatic N) is 2. The van der Waals surface area contributed by atoms with Crippen LogP contribution in [0.3, 0.4) is 0 Å². The summed E-state index contributed by atoms with van der Waals surface area (Å²) in [5, 5.41) is 3.03. The molecule has 5 heteroatoms. The predicted octanol–water partition coefficient (Wildman–Crippen LogP) is 1.67. The molecule has 5 nitrogen and oxygen atoms in total. The van der Waals surface area contributed by atoms with Crippen LogP contribution >= 0.6 is 0 Å². The minimum absolute atomic E-state index is 0.277. The first-order chi connectivity index (χ1) is 8.74. The van der Waals surface area contributed by atoms with Crippen molar-refractivity contribution in [2.24, 2.45) is 11.1 Å². The Balaban J connectivity index is 1.88. The van der Waals surface area contributed by atoms with Crippen LogP contribution in [-0.2, 0) is 6.42 Å². The highest BCUT2D eigenvalue weighted by molar-refractivity contribution is 5.72. The third kappa shape index (κ3) is 1.84. The molecule has 0 amide bonds. The molecule has 0 unspecified atom stereocenters. The number of H-pyrrole nitrogens is 1. The van der Waals surface area contributed by atoms with Gasteiger partial charge in [-0.1, -0.05) is 6.42 Å². The molecule has 0 aliphatic heterocycles. The summed E-state index contributed by atoms with van der Waals surface area (Å²) < 4.78 is 0. The molecule has 0 saturated heterocycles. The maximum absolute atomic E-state index is 5.89. The van der Waals surface area contributed by atoms with Gasteiger partial charge in [-0.25, -0.2) is 9.97 Å². The van der Waals surface area contributed by atoms with Crippen LogP contribution in [0.5, 0.6) is 0 Å². The van der Waals surface area contributed by atoms with Gasteiger partial charge in [0, 0.05) is 13.5 Å². The summed E-state index contributed by atoms with van der Waals surface area (Å²) >= 11 is 0. The van der Waals surface area contributed by atoms with Gasteiger partial charge < -0.3 is 16.0 Å². The summed E-state index contributed by atoms with van der Waals surface area (Å²) in [6.07, 6.45) is 4.67. The molecule has 0 aromatic carbocycles. The van der Waals surface area contributed by atoms with E-state index in [9.17, 15) is 0 Å². The molecule has 18 heavy (non-hydrogen) atoms. The van der Waals surface area contributed by atoms with E-state index in [0.29, 0.717) is 0 Å². The maximum Gasteiger partial charge on any atom is 0.179 e. The third-order valence-corrected chi connectivity index (χ3v) is 4.04. The van der Waals surface area contributed by atoms with Crippen molar-refractivity contribution in [3.63, 3.8) is 0 Å². The quantitative estimate of drug-likeness (QED) is 0.765. The van der Waals surface area contributed by atoms with Crippen molar-refractivity contribution in [3.05, 3.63) is 18.0 Å². The fourth-order valence-corrected chi connectivity index (χ4v) is 2.65. The second-order valence-electron chi connectivity index (χ2n) is 5.24. The first-order valence-corrected chi connectivity index (χ1v) is 6.48. The van der Waals surface area contributed by atoms with Crippen LogP contribution in [0, 0.1) is 5.41 Å². The Labute approximate surface area is 106 Å². The fourth-order valence-electron chi connectivity index (χ4n) is 2.65. The smallest absolute Gasteiger partial charge is 0.179 e. The zero-order valence-corrected chi connectivity index (χ0v) is 10.7. The van der Waals surface area contributed by atoms with E-state index in [2.05, 4.69) is 20.3 Å². The molecule has 0 bridgehead atoms. The first-order valence-electron chi connectivity index (χ1n) is 6.48. The number of fused-ring (bicyclic) bond motifs is 1. The van der Waals surface area contributed by atoms with E-state index >= 15 is 0 Å². The summed E-state index contributed by atoms with van der Waals surface area (Å²) in [7, 11) is 1.86. The summed E-state index contributed by atoms with van der Waals surface area (Å²) in [5.41, 5.74) is 7.94. The number of hydrogen-bond acceptors (Lipinski definition) is 4. The summed E-state index contributed by atoms with van der Waals surface area (Å²) in [6, 6.07) is 3.97. The molecule has 2 heterocycles. The van der Waals surface area contributed by atoms with Crippen LogP contribution in [0.1, 0.15) is 25.1 Å². The van der Waals surface area contributed by atoms with Gasteiger partial charge in [-0.3, -0.25) is 0 Å². The fraction of sp³-hybridized carbons (Fsp3) is 0.538. The molecule has 1 aliphatic carbocycles. The number of aromatic amines is 1. The number of imidazole rings is 1. The van der Waals surface area contributed by atoms with Crippen LogP contribution < -0.4 is 11.1 Å². The number of nitrogens with one attached hydrogen (secondary N) is 2. The van der Waals surface area contributed by atoms with Gasteiger partial charge in [-0.15, -0.1) is 0 Å². The number of nitrogens with two attached hydrogens (primary N) is 1. The standard InChI is InChI=1S/C13H19N5/c1-15-10-4-3-9-12(17-10)18-11(16-9)7-13(8-14)5-2-6-13/h3-4H,2,5-8,14H2,1H3,(H2,15,16,17,18). The van der Waals surface area contributed by atoms with Gasteiger partial charge in [0.1, 0.15) is 11.6 Å². The van der Waals surface area contributed by atoms with Crippen molar-refractivity contribution in [3.8, 4) is 0 Å². The zero-order chi connectivity index (χ0) is 12.6. The molecule has 1 fully saturated rings. The van der Waals surface area contributed by atoms with Gasteiger partial charge in [0.05, 0.1) is 5.52 Å². The number of hydrogen-bond donors (Lipinski definition) is 3. The van der Waals surface area contributed by atoms with E-state index < -0.39 is 0 Å². The van der Waals surface area contributed by atoms with Crippen molar-refractivity contribution in [1.29, 1.82) is 0 Å². The van der Waals surface area contributed by atoms with Crippen molar-refractivity contribution in [2.75, 3.05) is 18.9 Å². The second kappa shape index (κ2) is 4.24. The lowest BCUT2D eigenvalue weighted by Gasteiger charge is -2.40. The Morgan fingerprint density at radius 2 is 2.22 bits per heavy atom. The van der Waals surface area contributed by atoms with E-state index in [-0.39, 0.29) is 5.41 Å². The van der Waals surface area contributed by atoms with Crippen molar-refractivity contribution in [2.45, 2.75) is 25.7 Å². The zero-order valence-electron chi connectivity index (χ0n) is 10.7. The Morgan fingerprint density at radius 3 is 2.83 bits per heavy atom. The molecule has 96 valence electrons. The average Bonchev–Trinajstić information content (AvgIpc) is 2.74. The monoisotopic (exact) mass is 245 g/mol. The normalized spacial score (nSPS) is 17.7. The number of pyridine rings is 1. The molecule has 2 aromatic rings. The molecular weight excluding hydrogens is 226 g/mol. The molecule has 0 spiro atoms. The van der Waals surface area contributed by atoms with Gasteiger partial charge in [-0.05, 0) is 36.9 Å².